The highest BCUT2D eigenvalue weighted by Crippen LogP contribution is 2.37. The molecule has 0 N–H and O–H groups in total. The Balaban J connectivity index is 1.35. The number of nitrogens with zero attached hydrogens (tertiary/aromatic N) is 4. The van der Waals surface area contributed by atoms with E-state index in [1.165, 1.54) is 30.6 Å². The number of fused-ring (bicyclic) bond motifs is 3. The van der Waals surface area contributed by atoms with Crippen LogP contribution in [0.2, 0.25) is 0 Å². The summed E-state index contributed by atoms with van der Waals surface area (Å²) < 4.78 is 5.24. The molecule has 1 unspecified atom stereocenters. The molecule has 4 heterocycles. The Kier molecular flexibility index (Phi) is 4.76. The van der Waals surface area contributed by atoms with Gasteiger partial charge in [0, 0.05) is 60.7 Å². The molecular weight excluding hydrogens is 400 g/mol. The SMILES string of the molecule is COc1ccc(C(=O)N2CCc3cc4nccc(N5CCN6CCCC6C5)c4cc32)cc1. The molecule has 6 heteroatoms. The van der Waals surface area contributed by atoms with Gasteiger partial charge in [0.15, 0.2) is 0 Å². The number of hydrogen-bond donors (Lipinski definition) is 0. The lowest BCUT2D eigenvalue weighted by atomic mass is 10.1. The number of benzene rings is 2. The van der Waals surface area contributed by atoms with Crippen LogP contribution in [0.4, 0.5) is 11.4 Å². The highest BCUT2D eigenvalue weighted by atomic mass is 16.5. The zero-order chi connectivity index (χ0) is 21.7. The van der Waals surface area contributed by atoms with E-state index in [9.17, 15) is 4.79 Å². The Bertz CT molecular complexity index is 1180. The fourth-order valence-electron chi connectivity index (χ4n) is 5.60. The molecule has 2 aromatic carbocycles. The van der Waals surface area contributed by atoms with E-state index in [0.717, 1.165) is 48.4 Å². The standard InChI is InChI=1S/C26H28N4O2/c1-32-21-6-4-18(5-7-21)26(31)30-12-9-19-15-23-22(16-25(19)30)24(8-10-27-23)29-14-13-28-11-2-3-20(28)17-29/h4-8,10,15-16,20H,2-3,9,11-14,17H2,1H3. The summed E-state index contributed by atoms with van der Waals surface area (Å²) in [6.07, 6.45) is 5.39. The number of pyridine rings is 1. The zero-order valence-electron chi connectivity index (χ0n) is 18.5. The fourth-order valence-corrected chi connectivity index (χ4v) is 5.60. The number of amides is 1. The van der Waals surface area contributed by atoms with Gasteiger partial charge in [0.2, 0.25) is 0 Å². The predicted molar refractivity (Wildman–Crippen MR) is 127 cm³/mol. The van der Waals surface area contributed by atoms with Crippen LogP contribution in [0.15, 0.2) is 48.7 Å². The number of aromatic nitrogens is 1. The summed E-state index contributed by atoms with van der Waals surface area (Å²) in [4.78, 5) is 25.1. The second-order valence-corrected chi connectivity index (χ2v) is 9.04. The van der Waals surface area contributed by atoms with Gasteiger partial charge < -0.3 is 14.5 Å². The minimum Gasteiger partial charge on any atom is -0.497 e. The number of rotatable bonds is 3. The molecule has 2 saturated heterocycles. The highest BCUT2D eigenvalue weighted by molar-refractivity contribution is 6.09. The first-order valence-electron chi connectivity index (χ1n) is 11.6. The Morgan fingerprint density at radius 2 is 1.91 bits per heavy atom. The summed E-state index contributed by atoms with van der Waals surface area (Å²) in [7, 11) is 1.64. The van der Waals surface area contributed by atoms with Crippen LogP contribution in [0.25, 0.3) is 10.9 Å². The van der Waals surface area contributed by atoms with Crippen LogP contribution in [0.1, 0.15) is 28.8 Å². The van der Waals surface area contributed by atoms with E-state index < -0.39 is 0 Å². The lowest BCUT2D eigenvalue weighted by Crippen LogP contribution is -2.50. The minimum atomic E-state index is 0.0377. The van der Waals surface area contributed by atoms with Crippen molar-refractivity contribution in [3.8, 4) is 5.75 Å². The van der Waals surface area contributed by atoms with E-state index in [1.807, 2.05) is 35.4 Å². The largest absolute Gasteiger partial charge is 0.497 e. The van der Waals surface area contributed by atoms with Gasteiger partial charge in [0.05, 0.1) is 12.6 Å². The van der Waals surface area contributed by atoms with E-state index in [0.29, 0.717) is 18.2 Å². The number of carbonyl (C=O) groups is 1. The van der Waals surface area contributed by atoms with E-state index in [1.54, 1.807) is 7.11 Å². The molecule has 0 radical (unpaired) electrons. The van der Waals surface area contributed by atoms with Gasteiger partial charge in [-0.05, 0) is 73.8 Å². The smallest absolute Gasteiger partial charge is 0.258 e. The molecule has 3 aromatic rings. The van der Waals surface area contributed by atoms with E-state index in [2.05, 4.69) is 33.0 Å². The van der Waals surface area contributed by atoms with E-state index in [4.69, 9.17) is 4.74 Å². The van der Waals surface area contributed by atoms with Gasteiger partial charge in [-0.15, -0.1) is 0 Å². The Labute approximate surface area is 188 Å². The second kappa shape index (κ2) is 7.78. The first-order chi connectivity index (χ1) is 15.7. The zero-order valence-corrected chi connectivity index (χ0v) is 18.5. The summed E-state index contributed by atoms with van der Waals surface area (Å²) in [5.41, 5.74) is 5.17. The van der Waals surface area contributed by atoms with Gasteiger partial charge in [-0.3, -0.25) is 14.7 Å². The molecule has 0 bridgehead atoms. The molecule has 6 nitrogen and oxygen atoms in total. The highest BCUT2D eigenvalue weighted by Gasteiger charge is 2.32. The van der Waals surface area contributed by atoms with Crippen molar-refractivity contribution in [2.24, 2.45) is 0 Å². The first kappa shape index (κ1) is 19.6. The number of methoxy groups -OCH3 is 1. The third-order valence-corrected chi connectivity index (χ3v) is 7.32. The number of anilines is 2. The second-order valence-electron chi connectivity index (χ2n) is 9.04. The predicted octanol–water partition coefficient (Wildman–Crippen LogP) is 3.73. The molecule has 1 amide bonds. The fraction of sp³-hybridized carbons (Fsp3) is 0.385. The van der Waals surface area contributed by atoms with Crippen molar-refractivity contribution >= 4 is 28.2 Å². The molecule has 3 aliphatic heterocycles. The average molecular weight is 429 g/mol. The van der Waals surface area contributed by atoms with Crippen molar-refractivity contribution < 1.29 is 9.53 Å². The minimum absolute atomic E-state index is 0.0377. The monoisotopic (exact) mass is 428 g/mol. The third-order valence-electron chi connectivity index (χ3n) is 7.32. The normalized spacial score (nSPS) is 20.5. The Hall–Kier alpha value is -3.12. The van der Waals surface area contributed by atoms with Crippen LogP contribution in [0, 0.1) is 0 Å². The number of hydrogen-bond acceptors (Lipinski definition) is 5. The van der Waals surface area contributed by atoms with Gasteiger partial charge in [-0.2, -0.15) is 0 Å². The van der Waals surface area contributed by atoms with Gasteiger partial charge in [0.1, 0.15) is 5.75 Å². The number of piperazine rings is 1. The summed E-state index contributed by atoms with van der Waals surface area (Å²) in [6.45, 7) is 5.19. The molecule has 2 fully saturated rings. The molecule has 3 aliphatic rings. The maximum atomic E-state index is 13.3. The average Bonchev–Trinajstić information content (AvgIpc) is 3.48. The van der Waals surface area contributed by atoms with Gasteiger partial charge in [-0.1, -0.05) is 0 Å². The molecule has 0 spiro atoms. The molecule has 6 rings (SSSR count). The van der Waals surface area contributed by atoms with Crippen LogP contribution in [0.3, 0.4) is 0 Å². The van der Waals surface area contributed by atoms with Crippen molar-refractivity contribution in [2.75, 3.05) is 49.6 Å². The molecule has 1 aromatic heterocycles. The van der Waals surface area contributed by atoms with Crippen molar-refractivity contribution in [2.45, 2.75) is 25.3 Å². The van der Waals surface area contributed by atoms with Crippen LogP contribution < -0.4 is 14.5 Å². The van der Waals surface area contributed by atoms with Crippen LogP contribution in [-0.4, -0.2) is 61.7 Å². The maximum Gasteiger partial charge on any atom is 0.258 e. The molecule has 0 aliphatic carbocycles. The molecule has 0 saturated carbocycles. The van der Waals surface area contributed by atoms with E-state index >= 15 is 0 Å². The maximum absolute atomic E-state index is 13.3. The van der Waals surface area contributed by atoms with Crippen LogP contribution >= 0.6 is 0 Å². The Morgan fingerprint density at radius 3 is 2.75 bits per heavy atom. The topological polar surface area (TPSA) is 48.9 Å². The van der Waals surface area contributed by atoms with Crippen molar-refractivity contribution in [3.63, 3.8) is 0 Å². The summed E-state index contributed by atoms with van der Waals surface area (Å²) in [6, 6.07) is 14.6. The van der Waals surface area contributed by atoms with Crippen molar-refractivity contribution in [3.05, 3.63) is 59.8 Å². The van der Waals surface area contributed by atoms with Gasteiger partial charge >= 0.3 is 0 Å². The van der Waals surface area contributed by atoms with Crippen molar-refractivity contribution in [1.29, 1.82) is 0 Å². The summed E-state index contributed by atoms with van der Waals surface area (Å²) in [5.74, 6) is 0.795. The molecule has 164 valence electrons. The van der Waals surface area contributed by atoms with Crippen LogP contribution in [-0.2, 0) is 6.42 Å². The number of ether oxygens (including phenoxy) is 1. The molecule has 1 atom stereocenters. The third kappa shape index (κ3) is 3.21. The molecular formula is C26H28N4O2. The number of carbonyl (C=O) groups excluding carboxylic acids is 1. The Morgan fingerprint density at radius 1 is 1.03 bits per heavy atom. The summed E-state index contributed by atoms with van der Waals surface area (Å²) in [5, 5.41) is 1.15. The summed E-state index contributed by atoms with van der Waals surface area (Å²) >= 11 is 0. The lowest BCUT2D eigenvalue weighted by molar-refractivity contribution is 0.0989. The molecule has 32 heavy (non-hydrogen) atoms. The van der Waals surface area contributed by atoms with Crippen LogP contribution in [0.5, 0.6) is 5.75 Å². The van der Waals surface area contributed by atoms with Gasteiger partial charge in [0.25, 0.3) is 5.91 Å². The first-order valence-corrected chi connectivity index (χ1v) is 11.6. The van der Waals surface area contributed by atoms with Gasteiger partial charge in [-0.25, -0.2) is 0 Å². The quantitative estimate of drug-likeness (QED) is 0.636. The van der Waals surface area contributed by atoms with E-state index in [-0.39, 0.29) is 5.91 Å². The lowest BCUT2D eigenvalue weighted by Gasteiger charge is -2.39. The van der Waals surface area contributed by atoms with Crippen molar-refractivity contribution in [1.82, 2.24) is 9.88 Å².